The molecule has 0 radical (unpaired) electrons. The fourth-order valence-corrected chi connectivity index (χ4v) is 18.2. The smallest absolute Gasteiger partial charge is 0.213 e. The van der Waals surface area contributed by atoms with Crippen molar-refractivity contribution in [2.75, 3.05) is 53.6 Å². The van der Waals surface area contributed by atoms with Crippen molar-refractivity contribution in [3.63, 3.8) is 0 Å². The first-order chi connectivity index (χ1) is 36.9. The number of thioether (sulfide) groups is 1. The molecule has 0 amide bonds. The fraction of sp³-hybridized carbons (Fsp3) is 0.893. The predicted molar refractivity (Wildman–Crippen MR) is 286 cm³/mol. The van der Waals surface area contributed by atoms with Gasteiger partial charge in [-0.1, -0.05) is 17.7 Å². The number of allylic oxidation sites excluding steroid dienone is 1. The van der Waals surface area contributed by atoms with Crippen LogP contribution in [0.4, 0.5) is 4.39 Å². The molecule has 0 spiro atoms. The van der Waals surface area contributed by atoms with Crippen molar-refractivity contribution < 1.29 is 48.5 Å². The van der Waals surface area contributed by atoms with Crippen LogP contribution in [0.2, 0.25) is 0 Å². The van der Waals surface area contributed by atoms with Crippen LogP contribution in [-0.4, -0.2) is 204 Å². The molecule has 12 rings (SSSR count). The number of aliphatic hydroxyl groups is 4. The molecule has 0 aromatic heterocycles. The third-order valence-corrected chi connectivity index (χ3v) is 22.1. The van der Waals surface area contributed by atoms with Gasteiger partial charge in [0.2, 0.25) is 12.8 Å². The Balaban J connectivity index is 0.717. The fourth-order valence-electron chi connectivity index (χ4n) is 16.8. The summed E-state index contributed by atoms with van der Waals surface area (Å²) in [5.74, 6) is 1.07. The zero-order valence-electron chi connectivity index (χ0n) is 45.5. The highest BCUT2D eigenvalue weighted by Crippen LogP contribution is 2.56. The van der Waals surface area contributed by atoms with Gasteiger partial charge in [-0.25, -0.2) is 4.39 Å². The maximum Gasteiger partial charge on any atom is 0.213 e. The quantitative estimate of drug-likeness (QED) is 0.0707. The van der Waals surface area contributed by atoms with Crippen LogP contribution in [0.1, 0.15) is 110 Å². The molecule has 12 aliphatic rings. The molecule has 0 aromatic rings. The summed E-state index contributed by atoms with van der Waals surface area (Å²) in [7, 11) is 2.93. The summed E-state index contributed by atoms with van der Waals surface area (Å²) in [6.07, 6.45) is 17.0. The molecule has 9 aliphatic heterocycles. The Kier molecular flexibility index (Phi) is 17.4. The SMILES string of the molecule is COC(O)NC(C1CCOCC1)[C@H](O)N1CCC[C@H]1C1NC[C@@H]([C@@H]2C=C(F)[C@H]3C(C2)OC(C2=CC[C@H](C4CC4)S2)N2[C@H]4CC=C([C@H]5CNC([C@@H]6CCCN6[C@H](O)C(N[C@H](O)OC)C6C[C@@H](C)O[C@@H](C)C6)N5)C[C@H]4C[C@@H]32)N1. The summed E-state index contributed by atoms with van der Waals surface area (Å²) >= 11 is 2.05. The molecule has 8 saturated heterocycles. The molecule has 0 aromatic carbocycles. The number of hydrogen-bond donors (Lipinski definition) is 10. The van der Waals surface area contributed by atoms with Gasteiger partial charge in [-0.05, 0) is 146 Å². The third-order valence-electron chi connectivity index (χ3n) is 20.5. The average Bonchev–Trinajstić information content (AvgIpc) is 4.28. The minimum Gasteiger partial charge on any atom is -0.381 e. The Morgan fingerprint density at radius 3 is 2.05 bits per heavy atom. The van der Waals surface area contributed by atoms with Crippen LogP contribution in [0.3, 0.4) is 0 Å². The van der Waals surface area contributed by atoms with E-state index in [2.05, 4.69) is 72.6 Å². The highest BCUT2D eigenvalue weighted by atomic mass is 32.2. The zero-order valence-corrected chi connectivity index (χ0v) is 46.3. The largest absolute Gasteiger partial charge is 0.381 e. The molecular formula is C56H92FN9O9S. The number of aliphatic hydroxyl groups excluding tert-OH is 4. The van der Waals surface area contributed by atoms with Crippen molar-refractivity contribution in [1.29, 1.82) is 0 Å². The Hall–Kier alpha value is -1.22. The van der Waals surface area contributed by atoms with E-state index in [0.717, 1.165) is 109 Å². The van der Waals surface area contributed by atoms with Crippen LogP contribution in [0.15, 0.2) is 34.5 Å². The number of nitrogens with one attached hydrogen (secondary N) is 6. The maximum absolute atomic E-state index is 17.4. The number of methoxy groups -OCH3 is 2. The molecule has 3 aliphatic carbocycles. The minimum atomic E-state index is -1.18. The lowest BCUT2D eigenvalue weighted by Gasteiger charge is -2.51. The lowest BCUT2D eigenvalue weighted by molar-refractivity contribution is -0.176. The topological polar surface area (TPSA) is 209 Å². The maximum atomic E-state index is 17.4. The Morgan fingerprint density at radius 1 is 0.724 bits per heavy atom. The Labute approximate surface area is 454 Å². The van der Waals surface area contributed by atoms with Crippen LogP contribution in [0.5, 0.6) is 0 Å². The van der Waals surface area contributed by atoms with Crippen LogP contribution in [-0.2, 0) is 23.7 Å². The number of rotatable bonds is 18. The summed E-state index contributed by atoms with van der Waals surface area (Å²) in [6.45, 7) is 8.50. The second kappa shape index (κ2) is 23.9. The molecule has 428 valence electrons. The van der Waals surface area contributed by atoms with E-state index in [0.29, 0.717) is 30.9 Å². The van der Waals surface area contributed by atoms with E-state index in [-0.39, 0.29) is 115 Å². The summed E-state index contributed by atoms with van der Waals surface area (Å²) in [6, 6.07) is -0.123. The van der Waals surface area contributed by atoms with Crippen LogP contribution in [0, 0.1) is 35.5 Å². The monoisotopic (exact) mass is 1090 g/mol. The lowest BCUT2D eigenvalue weighted by atomic mass is 9.75. The second-order valence-corrected chi connectivity index (χ2v) is 26.4. The summed E-state index contributed by atoms with van der Waals surface area (Å²) < 4.78 is 46.9. The summed E-state index contributed by atoms with van der Waals surface area (Å²) in [5, 5.41) is 68.0. The number of fused-ring (bicyclic) bond motifs is 5. The number of ether oxygens (including phenoxy) is 5. The van der Waals surface area contributed by atoms with E-state index in [9.17, 15) is 20.4 Å². The van der Waals surface area contributed by atoms with Gasteiger partial charge < -0.3 is 44.1 Å². The molecule has 1 saturated carbocycles. The highest BCUT2D eigenvalue weighted by Gasteiger charge is 2.59. The van der Waals surface area contributed by atoms with E-state index in [1.54, 1.807) is 0 Å². The van der Waals surface area contributed by atoms with Crippen molar-refractivity contribution in [2.45, 2.75) is 226 Å². The molecule has 9 fully saturated rings. The standard InChI is InChI=1S/C56H92FN9O9S/c1-29-21-36(22-30(2)74-29)49(63-56(70)72-4)53(68)65-18-6-7-41(65)50-58-27-38(60-50)33-11-12-40-35(23-33)25-43-47-37(57)24-34(26-44(47)75-54(66(40)43)46-14-13-45(76-46)31-9-10-31)39-28-59-51(61-39)42-8-5-17-64(42)52(67)48(62-55(69)71-3)32-15-19-73-20-16-32/h11,14,24,29-32,34-36,38-45,47-56,58-63,67-70H,5-10,12-13,15-23,25-28H2,1-4H3/t29-,30+,34-,35+,36?,38-,39+,40+,41+,42+,43+,44?,45-,47-,48?,49?,50?,51?,52+,53-,54?,55?,56-/m1/s1. The molecular weight excluding hydrogens is 994 g/mol. The normalized spacial score (nSPS) is 44.2. The van der Waals surface area contributed by atoms with Gasteiger partial charge in [0, 0.05) is 100 Å². The first-order valence-corrected chi connectivity index (χ1v) is 30.7. The van der Waals surface area contributed by atoms with Crippen molar-refractivity contribution >= 4 is 11.8 Å². The predicted octanol–water partition coefficient (Wildman–Crippen LogP) is 2.51. The number of nitrogens with zero attached hydrogens (tertiary/aromatic N) is 3. The minimum absolute atomic E-state index is 0.00587. The molecule has 76 heavy (non-hydrogen) atoms. The van der Waals surface area contributed by atoms with Gasteiger partial charge in [0.25, 0.3) is 0 Å². The van der Waals surface area contributed by atoms with Gasteiger partial charge in [0.05, 0.1) is 48.6 Å². The molecule has 9 heterocycles. The zero-order chi connectivity index (χ0) is 52.4. The van der Waals surface area contributed by atoms with Crippen LogP contribution in [0.25, 0.3) is 0 Å². The Bertz CT molecular complexity index is 2070. The van der Waals surface area contributed by atoms with E-state index >= 15 is 4.39 Å². The van der Waals surface area contributed by atoms with Gasteiger partial charge in [0.15, 0.2) is 0 Å². The van der Waals surface area contributed by atoms with Gasteiger partial charge >= 0.3 is 0 Å². The number of halogens is 1. The lowest BCUT2D eigenvalue weighted by Crippen LogP contribution is -2.62. The molecule has 0 bridgehead atoms. The first-order valence-electron chi connectivity index (χ1n) is 29.8. The second-order valence-electron chi connectivity index (χ2n) is 25.1. The third kappa shape index (κ3) is 11.3. The van der Waals surface area contributed by atoms with Crippen molar-refractivity contribution in [3.05, 3.63) is 34.5 Å². The molecule has 20 heteroatoms. The Morgan fingerprint density at radius 2 is 1.38 bits per heavy atom. The molecule has 10 N–H and O–H groups in total. The highest BCUT2D eigenvalue weighted by molar-refractivity contribution is 8.04. The van der Waals surface area contributed by atoms with E-state index < -0.39 is 25.3 Å². The number of likely N-dealkylation sites (tertiary alicyclic amines) is 2. The molecule has 18 nitrogen and oxygen atoms in total. The van der Waals surface area contributed by atoms with Crippen molar-refractivity contribution in [1.82, 2.24) is 46.6 Å². The van der Waals surface area contributed by atoms with Gasteiger partial charge in [0.1, 0.15) is 24.5 Å². The van der Waals surface area contributed by atoms with E-state index in [1.165, 1.54) is 37.5 Å². The van der Waals surface area contributed by atoms with Gasteiger partial charge in [-0.2, -0.15) is 0 Å². The number of hydrogen-bond acceptors (Lipinski definition) is 19. The summed E-state index contributed by atoms with van der Waals surface area (Å²) in [5.41, 5.74) is 1.44. The van der Waals surface area contributed by atoms with Crippen LogP contribution < -0.4 is 31.9 Å². The van der Waals surface area contributed by atoms with Crippen molar-refractivity contribution in [2.24, 2.45) is 35.5 Å². The average molecular weight is 1090 g/mol. The molecule has 8 unspecified atom stereocenters. The van der Waals surface area contributed by atoms with Gasteiger partial charge in [-0.15, -0.1) is 11.8 Å². The van der Waals surface area contributed by atoms with Crippen molar-refractivity contribution in [3.8, 4) is 0 Å². The van der Waals surface area contributed by atoms with Crippen LogP contribution >= 0.6 is 11.8 Å². The first kappa shape index (κ1) is 55.3. The van der Waals surface area contributed by atoms with Gasteiger partial charge in [-0.3, -0.25) is 46.6 Å². The van der Waals surface area contributed by atoms with E-state index in [4.69, 9.17) is 23.7 Å². The van der Waals surface area contributed by atoms with E-state index in [1.807, 2.05) is 17.8 Å². The molecule has 23 atom stereocenters. The summed E-state index contributed by atoms with van der Waals surface area (Å²) in [4.78, 5) is 8.42.